The molecule has 0 saturated heterocycles. The molecule has 1 aromatic carbocycles. The Hall–Kier alpha value is -1.62. The minimum absolute atomic E-state index is 0.405. The number of hydrogen-bond donors (Lipinski definition) is 0. The van der Waals surface area contributed by atoms with Crippen molar-refractivity contribution in [1.82, 2.24) is 0 Å². The van der Waals surface area contributed by atoms with Crippen molar-refractivity contribution < 1.29 is 9.47 Å². The van der Waals surface area contributed by atoms with E-state index in [0.29, 0.717) is 0 Å². The third kappa shape index (κ3) is 2.07. The quantitative estimate of drug-likeness (QED) is 0.705. The zero-order chi connectivity index (χ0) is 11.5. The molecule has 0 amide bonds. The molecule has 0 fully saturated rings. The van der Waals surface area contributed by atoms with Gasteiger partial charge < -0.3 is 9.47 Å². The molecule has 0 aliphatic heterocycles. The van der Waals surface area contributed by atoms with E-state index in [9.17, 15) is 0 Å². The second-order valence-corrected chi connectivity index (χ2v) is 3.81. The molecule has 2 nitrogen and oxygen atoms in total. The number of benzene rings is 1. The smallest absolute Gasteiger partial charge is 0.127 e. The van der Waals surface area contributed by atoms with Gasteiger partial charge in [-0.2, -0.15) is 0 Å². The Balaban J connectivity index is 3.43. The summed E-state index contributed by atoms with van der Waals surface area (Å²) >= 11 is 0. The Morgan fingerprint density at radius 2 is 1.60 bits per heavy atom. The van der Waals surface area contributed by atoms with Crippen molar-refractivity contribution in [2.45, 2.75) is 19.3 Å². The lowest BCUT2D eigenvalue weighted by atomic mass is 9.84. The maximum atomic E-state index is 5.52. The van der Waals surface area contributed by atoms with Gasteiger partial charge in [-0.05, 0) is 26.0 Å². The average molecular weight is 204 g/mol. The fourth-order valence-corrected chi connectivity index (χ4v) is 1.54. The summed E-state index contributed by atoms with van der Waals surface area (Å²) in [5.74, 6) is 4.27. The number of methoxy groups -OCH3 is 2. The molecule has 0 atom stereocenters. The van der Waals surface area contributed by atoms with Crippen LogP contribution in [-0.4, -0.2) is 14.2 Å². The molecule has 0 saturated carbocycles. The third-order valence-electron chi connectivity index (χ3n) is 2.41. The Morgan fingerprint density at radius 1 is 1.13 bits per heavy atom. The van der Waals surface area contributed by atoms with Crippen molar-refractivity contribution in [1.29, 1.82) is 0 Å². The lowest BCUT2D eigenvalue weighted by Gasteiger charge is -2.23. The molecule has 1 aromatic rings. The van der Waals surface area contributed by atoms with Crippen LogP contribution in [0.3, 0.4) is 0 Å². The molecule has 0 aliphatic carbocycles. The van der Waals surface area contributed by atoms with Crippen LogP contribution in [0.1, 0.15) is 19.4 Å². The standard InChI is InChI=1S/C13H16O2/c1-6-13(2,3)12-10(14-4)8-7-9-11(12)15-5/h1,7-9H,2-5H3. The van der Waals surface area contributed by atoms with Gasteiger partial charge in [-0.3, -0.25) is 0 Å². The molecule has 0 bridgehead atoms. The lowest BCUT2D eigenvalue weighted by molar-refractivity contribution is 0.375. The summed E-state index contributed by atoms with van der Waals surface area (Å²) in [4.78, 5) is 0. The SMILES string of the molecule is C#CC(C)(C)c1c(OC)cccc1OC. The van der Waals surface area contributed by atoms with Gasteiger partial charge in [0.1, 0.15) is 11.5 Å². The van der Waals surface area contributed by atoms with Gasteiger partial charge in [0.2, 0.25) is 0 Å². The number of ether oxygens (including phenoxy) is 2. The van der Waals surface area contributed by atoms with E-state index in [1.54, 1.807) is 14.2 Å². The second-order valence-electron chi connectivity index (χ2n) is 3.81. The Bertz CT molecular complexity index is 364. The van der Waals surface area contributed by atoms with Crippen LogP contribution >= 0.6 is 0 Å². The van der Waals surface area contributed by atoms with Gasteiger partial charge in [0.05, 0.1) is 25.2 Å². The normalized spacial score (nSPS) is 10.6. The molecule has 0 N–H and O–H groups in total. The van der Waals surface area contributed by atoms with Crippen molar-refractivity contribution in [2.75, 3.05) is 14.2 Å². The maximum absolute atomic E-state index is 5.52. The van der Waals surface area contributed by atoms with E-state index in [-0.39, 0.29) is 0 Å². The van der Waals surface area contributed by atoms with E-state index >= 15 is 0 Å². The van der Waals surface area contributed by atoms with Crippen molar-refractivity contribution >= 4 is 0 Å². The molecule has 0 unspecified atom stereocenters. The first-order chi connectivity index (χ1) is 7.06. The molecule has 0 radical (unpaired) electrons. The summed E-state index contributed by atoms with van der Waals surface area (Å²) in [7, 11) is 3.26. The van der Waals surface area contributed by atoms with Crippen LogP contribution in [0.4, 0.5) is 0 Å². The molecular weight excluding hydrogens is 188 g/mol. The fraction of sp³-hybridized carbons (Fsp3) is 0.385. The van der Waals surface area contributed by atoms with Crippen LogP contribution in [-0.2, 0) is 5.41 Å². The molecule has 0 aliphatic rings. The van der Waals surface area contributed by atoms with Crippen molar-refractivity contribution in [3.05, 3.63) is 23.8 Å². The second kappa shape index (κ2) is 4.27. The van der Waals surface area contributed by atoms with Gasteiger partial charge in [0, 0.05) is 0 Å². The first-order valence-electron chi connectivity index (χ1n) is 4.76. The summed E-state index contributed by atoms with van der Waals surface area (Å²) in [6.45, 7) is 3.93. The molecular formula is C13H16O2. The van der Waals surface area contributed by atoms with Gasteiger partial charge in [0.25, 0.3) is 0 Å². The topological polar surface area (TPSA) is 18.5 Å². The highest BCUT2D eigenvalue weighted by Crippen LogP contribution is 2.38. The molecule has 2 heteroatoms. The van der Waals surface area contributed by atoms with E-state index < -0.39 is 5.41 Å². The Morgan fingerprint density at radius 3 is 1.93 bits per heavy atom. The first-order valence-corrected chi connectivity index (χ1v) is 4.76. The van der Waals surface area contributed by atoms with Crippen molar-refractivity contribution in [2.24, 2.45) is 0 Å². The molecule has 0 heterocycles. The minimum atomic E-state index is -0.405. The van der Waals surface area contributed by atoms with Gasteiger partial charge in [-0.25, -0.2) is 0 Å². The van der Waals surface area contributed by atoms with Crippen LogP contribution in [0, 0.1) is 12.3 Å². The van der Waals surface area contributed by atoms with Crippen molar-refractivity contribution in [3.63, 3.8) is 0 Å². The Kier molecular flexibility index (Phi) is 3.26. The van der Waals surface area contributed by atoms with E-state index in [2.05, 4.69) is 5.92 Å². The number of terminal acetylenes is 1. The predicted molar refractivity (Wildman–Crippen MR) is 61.4 cm³/mol. The lowest BCUT2D eigenvalue weighted by Crippen LogP contribution is -2.16. The van der Waals surface area contributed by atoms with Crippen LogP contribution in [0.2, 0.25) is 0 Å². The molecule has 0 spiro atoms. The predicted octanol–water partition coefficient (Wildman–Crippen LogP) is 2.61. The summed E-state index contributed by atoms with van der Waals surface area (Å²) < 4.78 is 10.6. The minimum Gasteiger partial charge on any atom is -0.496 e. The summed E-state index contributed by atoms with van der Waals surface area (Å²) in [6, 6.07) is 5.65. The first kappa shape index (κ1) is 11.5. The van der Waals surface area contributed by atoms with Crippen LogP contribution < -0.4 is 9.47 Å². The monoisotopic (exact) mass is 204 g/mol. The van der Waals surface area contributed by atoms with Crippen molar-refractivity contribution in [3.8, 4) is 23.8 Å². The number of rotatable bonds is 3. The van der Waals surface area contributed by atoms with E-state index in [1.165, 1.54) is 0 Å². The van der Waals surface area contributed by atoms with Gasteiger partial charge in [0.15, 0.2) is 0 Å². The molecule has 80 valence electrons. The summed E-state index contributed by atoms with van der Waals surface area (Å²) in [6.07, 6.45) is 5.52. The zero-order valence-corrected chi connectivity index (χ0v) is 9.63. The zero-order valence-electron chi connectivity index (χ0n) is 9.63. The average Bonchev–Trinajstić information content (AvgIpc) is 2.27. The van der Waals surface area contributed by atoms with Gasteiger partial charge in [-0.1, -0.05) is 12.0 Å². The molecule has 15 heavy (non-hydrogen) atoms. The largest absolute Gasteiger partial charge is 0.496 e. The molecule has 1 rings (SSSR count). The Labute approximate surface area is 91.2 Å². The van der Waals surface area contributed by atoms with Crippen LogP contribution in [0.5, 0.6) is 11.5 Å². The summed E-state index contributed by atoms with van der Waals surface area (Å²) in [5, 5.41) is 0. The fourth-order valence-electron chi connectivity index (χ4n) is 1.54. The van der Waals surface area contributed by atoms with E-state index in [4.69, 9.17) is 15.9 Å². The highest BCUT2D eigenvalue weighted by Gasteiger charge is 2.25. The highest BCUT2D eigenvalue weighted by molar-refractivity contribution is 5.52. The van der Waals surface area contributed by atoms with Crippen LogP contribution in [0.15, 0.2) is 18.2 Å². The van der Waals surface area contributed by atoms with Crippen LogP contribution in [0.25, 0.3) is 0 Å². The third-order valence-corrected chi connectivity index (χ3v) is 2.41. The van der Waals surface area contributed by atoms with Gasteiger partial charge in [-0.15, -0.1) is 6.42 Å². The highest BCUT2D eigenvalue weighted by atomic mass is 16.5. The van der Waals surface area contributed by atoms with Gasteiger partial charge >= 0.3 is 0 Å². The number of hydrogen-bond acceptors (Lipinski definition) is 2. The summed E-state index contributed by atoms with van der Waals surface area (Å²) in [5.41, 5.74) is 0.510. The maximum Gasteiger partial charge on any atom is 0.127 e. The van der Waals surface area contributed by atoms with E-state index in [1.807, 2.05) is 32.0 Å². The van der Waals surface area contributed by atoms with E-state index in [0.717, 1.165) is 17.1 Å². The molecule has 0 aromatic heterocycles.